The topological polar surface area (TPSA) is 85.8 Å². The van der Waals surface area contributed by atoms with Crippen molar-refractivity contribution in [2.75, 3.05) is 26.7 Å². The lowest BCUT2D eigenvalue weighted by Gasteiger charge is -2.20. The second-order valence-corrected chi connectivity index (χ2v) is 6.54. The Morgan fingerprint density at radius 1 is 1.26 bits per heavy atom. The van der Waals surface area contributed by atoms with Gasteiger partial charge in [-0.15, -0.1) is 0 Å². The maximum absolute atomic E-state index is 12.0. The van der Waals surface area contributed by atoms with Gasteiger partial charge < -0.3 is 20.9 Å². The average Bonchev–Trinajstić information content (AvgIpc) is 2.92. The molecule has 7 nitrogen and oxygen atoms in total. The number of hydrogen-bond acceptors (Lipinski definition) is 3. The molecule has 1 aliphatic rings. The van der Waals surface area contributed by atoms with Crippen LogP contribution < -0.4 is 16.0 Å². The number of amides is 2. The second kappa shape index (κ2) is 9.37. The zero-order chi connectivity index (χ0) is 17.4. The molecular formula is C16H31N5O2. The average molecular weight is 325 g/mol. The molecule has 3 N–H and O–H groups in total. The quantitative estimate of drug-likeness (QED) is 0.485. The summed E-state index contributed by atoms with van der Waals surface area (Å²) in [5, 5.41) is 9.31. The summed E-state index contributed by atoms with van der Waals surface area (Å²) >= 11 is 0. The van der Waals surface area contributed by atoms with Crippen LogP contribution in [0.15, 0.2) is 4.99 Å². The summed E-state index contributed by atoms with van der Waals surface area (Å²) in [4.78, 5) is 29.7. The third kappa shape index (κ3) is 6.88. The van der Waals surface area contributed by atoms with Crippen molar-refractivity contribution in [3.63, 3.8) is 0 Å². The first-order chi connectivity index (χ1) is 10.8. The SMILES string of the molecule is CN=C(NCCC(=O)NC(C)C)NC1CCN(C(=O)C(C)C)C1. The molecule has 1 unspecified atom stereocenters. The lowest BCUT2D eigenvalue weighted by Crippen LogP contribution is -2.46. The van der Waals surface area contributed by atoms with E-state index in [9.17, 15) is 9.59 Å². The van der Waals surface area contributed by atoms with Crippen molar-refractivity contribution in [1.29, 1.82) is 0 Å². The summed E-state index contributed by atoms with van der Waals surface area (Å²) in [6, 6.07) is 0.358. The third-order valence-corrected chi connectivity index (χ3v) is 3.65. The minimum Gasteiger partial charge on any atom is -0.356 e. The molecule has 2 amide bonds. The third-order valence-electron chi connectivity index (χ3n) is 3.65. The Morgan fingerprint density at radius 2 is 1.96 bits per heavy atom. The van der Waals surface area contributed by atoms with Crippen molar-refractivity contribution < 1.29 is 9.59 Å². The van der Waals surface area contributed by atoms with E-state index < -0.39 is 0 Å². The molecule has 0 radical (unpaired) electrons. The van der Waals surface area contributed by atoms with Gasteiger partial charge in [-0.3, -0.25) is 14.6 Å². The largest absolute Gasteiger partial charge is 0.356 e. The Labute approximate surface area is 139 Å². The highest BCUT2D eigenvalue weighted by molar-refractivity contribution is 5.82. The van der Waals surface area contributed by atoms with Crippen LogP contribution in [-0.4, -0.2) is 61.4 Å². The van der Waals surface area contributed by atoms with Gasteiger partial charge in [-0.05, 0) is 20.3 Å². The number of likely N-dealkylation sites (tertiary alicyclic amines) is 1. The first kappa shape index (κ1) is 19.3. The maximum Gasteiger partial charge on any atom is 0.225 e. The van der Waals surface area contributed by atoms with E-state index in [0.717, 1.165) is 13.0 Å². The lowest BCUT2D eigenvalue weighted by atomic mass is 10.2. The molecule has 1 fully saturated rings. The first-order valence-corrected chi connectivity index (χ1v) is 8.38. The van der Waals surface area contributed by atoms with Crippen LogP contribution in [0.1, 0.15) is 40.5 Å². The van der Waals surface area contributed by atoms with Gasteiger partial charge in [-0.2, -0.15) is 0 Å². The molecule has 132 valence electrons. The second-order valence-electron chi connectivity index (χ2n) is 6.54. The van der Waals surface area contributed by atoms with E-state index in [1.807, 2.05) is 32.6 Å². The zero-order valence-electron chi connectivity index (χ0n) is 15.0. The molecule has 0 spiro atoms. The molecule has 0 aliphatic carbocycles. The summed E-state index contributed by atoms with van der Waals surface area (Å²) in [5.74, 6) is 0.928. The van der Waals surface area contributed by atoms with E-state index in [-0.39, 0.29) is 29.8 Å². The number of carbonyl (C=O) groups is 2. The van der Waals surface area contributed by atoms with Gasteiger partial charge in [0.2, 0.25) is 11.8 Å². The fourth-order valence-corrected chi connectivity index (χ4v) is 2.52. The van der Waals surface area contributed by atoms with E-state index in [2.05, 4.69) is 20.9 Å². The van der Waals surface area contributed by atoms with Crippen LogP contribution in [0.4, 0.5) is 0 Å². The van der Waals surface area contributed by atoms with Crippen molar-refractivity contribution in [2.45, 2.75) is 52.6 Å². The minimum atomic E-state index is 0.0255. The fourth-order valence-electron chi connectivity index (χ4n) is 2.52. The predicted molar refractivity (Wildman–Crippen MR) is 92.2 cm³/mol. The lowest BCUT2D eigenvalue weighted by molar-refractivity contribution is -0.133. The van der Waals surface area contributed by atoms with Crippen molar-refractivity contribution in [3.05, 3.63) is 0 Å². The summed E-state index contributed by atoms with van der Waals surface area (Å²) in [5.41, 5.74) is 0. The predicted octanol–water partition coefficient (Wildman–Crippen LogP) is 0.323. The van der Waals surface area contributed by atoms with Crippen LogP contribution >= 0.6 is 0 Å². The first-order valence-electron chi connectivity index (χ1n) is 8.38. The number of nitrogens with one attached hydrogen (secondary N) is 3. The Bertz CT molecular complexity index is 434. The molecule has 1 heterocycles. The van der Waals surface area contributed by atoms with E-state index in [0.29, 0.717) is 25.5 Å². The maximum atomic E-state index is 12.0. The van der Waals surface area contributed by atoms with Gasteiger partial charge in [0.05, 0.1) is 0 Å². The summed E-state index contributed by atoms with van der Waals surface area (Å²) in [6.07, 6.45) is 1.31. The molecule has 0 aromatic rings. The number of hydrogen-bond donors (Lipinski definition) is 3. The van der Waals surface area contributed by atoms with Crippen molar-refractivity contribution in [2.24, 2.45) is 10.9 Å². The van der Waals surface area contributed by atoms with E-state index in [4.69, 9.17) is 0 Å². The van der Waals surface area contributed by atoms with Crippen LogP contribution in [0, 0.1) is 5.92 Å². The highest BCUT2D eigenvalue weighted by Gasteiger charge is 2.27. The molecule has 1 aliphatic heterocycles. The molecular weight excluding hydrogens is 294 g/mol. The molecule has 0 saturated carbocycles. The Balaban J connectivity index is 2.32. The molecule has 7 heteroatoms. The van der Waals surface area contributed by atoms with Gasteiger partial charge in [0, 0.05) is 51.1 Å². The van der Waals surface area contributed by atoms with Crippen LogP contribution in [0.3, 0.4) is 0 Å². The highest BCUT2D eigenvalue weighted by atomic mass is 16.2. The van der Waals surface area contributed by atoms with Crippen LogP contribution in [-0.2, 0) is 9.59 Å². The normalized spacial score (nSPS) is 18.5. The number of carbonyl (C=O) groups excluding carboxylic acids is 2. The molecule has 23 heavy (non-hydrogen) atoms. The molecule has 1 rings (SSSR count). The van der Waals surface area contributed by atoms with Crippen LogP contribution in [0.25, 0.3) is 0 Å². The molecule has 1 saturated heterocycles. The van der Waals surface area contributed by atoms with Crippen molar-refractivity contribution in [3.8, 4) is 0 Å². The van der Waals surface area contributed by atoms with Crippen molar-refractivity contribution in [1.82, 2.24) is 20.9 Å². The smallest absolute Gasteiger partial charge is 0.225 e. The molecule has 0 bridgehead atoms. The summed E-state index contributed by atoms with van der Waals surface area (Å²) < 4.78 is 0. The standard InChI is InChI=1S/C16H31N5O2/c1-11(2)15(23)21-9-7-13(10-21)20-16(17-5)18-8-6-14(22)19-12(3)4/h11-13H,6-10H2,1-5H3,(H,19,22)(H2,17,18,20). The minimum absolute atomic E-state index is 0.0255. The zero-order valence-corrected chi connectivity index (χ0v) is 15.0. The van der Waals surface area contributed by atoms with Crippen LogP contribution in [0.5, 0.6) is 0 Å². The summed E-state index contributed by atoms with van der Waals surface area (Å²) in [7, 11) is 1.70. The fraction of sp³-hybridized carbons (Fsp3) is 0.812. The van der Waals surface area contributed by atoms with Gasteiger partial charge in [0.25, 0.3) is 0 Å². The van der Waals surface area contributed by atoms with Gasteiger partial charge in [0.1, 0.15) is 0 Å². The van der Waals surface area contributed by atoms with Gasteiger partial charge >= 0.3 is 0 Å². The van der Waals surface area contributed by atoms with E-state index >= 15 is 0 Å². The monoisotopic (exact) mass is 325 g/mol. The van der Waals surface area contributed by atoms with Crippen molar-refractivity contribution >= 4 is 17.8 Å². The number of guanidine groups is 1. The highest BCUT2D eigenvalue weighted by Crippen LogP contribution is 2.12. The molecule has 0 aromatic heterocycles. The molecule has 1 atom stereocenters. The summed E-state index contributed by atoms with van der Waals surface area (Å²) in [6.45, 7) is 9.73. The van der Waals surface area contributed by atoms with Gasteiger partial charge in [-0.1, -0.05) is 13.8 Å². The Hall–Kier alpha value is -1.79. The Morgan fingerprint density at radius 3 is 2.52 bits per heavy atom. The number of rotatable bonds is 6. The van der Waals surface area contributed by atoms with Gasteiger partial charge in [0.15, 0.2) is 5.96 Å². The van der Waals surface area contributed by atoms with E-state index in [1.54, 1.807) is 7.05 Å². The Kier molecular flexibility index (Phi) is 7.85. The number of aliphatic imine (C=N–C) groups is 1. The number of nitrogens with zero attached hydrogens (tertiary/aromatic N) is 2. The van der Waals surface area contributed by atoms with E-state index in [1.165, 1.54) is 0 Å². The van der Waals surface area contributed by atoms with Gasteiger partial charge in [-0.25, -0.2) is 0 Å². The molecule has 0 aromatic carbocycles. The van der Waals surface area contributed by atoms with Crippen LogP contribution in [0.2, 0.25) is 0 Å².